The molecule has 28 heavy (non-hydrogen) atoms. The van der Waals surface area contributed by atoms with E-state index < -0.39 is 12.1 Å². The summed E-state index contributed by atoms with van der Waals surface area (Å²) >= 11 is 3.17. The van der Waals surface area contributed by atoms with Crippen LogP contribution in [0.1, 0.15) is 27.5 Å². The largest absolute Gasteiger partial charge is 0.476 e. The fraction of sp³-hybridized carbons (Fsp3) is 0.100. The summed E-state index contributed by atoms with van der Waals surface area (Å²) < 4.78 is 5.72. The molecule has 1 aromatic heterocycles. The molecule has 4 rings (SSSR count). The molecular weight excluding hydrogens is 426 g/mol. The van der Waals surface area contributed by atoms with Gasteiger partial charge in [-0.3, -0.25) is 5.32 Å². The molecule has 0 atom stereocenters. The number of carbonyl (C=O) groups is 2. The van der Waals surface area contributed by atoms with Gasteiger partial charge >= 0.3 is 12.1 Å². The van der Waals surface area contributed by atoms with Gasteiger partial charge in [0, 0.05) is 5.92 Å². The molecular formula is C20H14BrN3O4. The number of ether oxygens (including phenoxy) is 1. The lowest BCUT2D eigenvalue weighted by molar-refractivity contribution is 0.0689. The summed E-state index contributed by atoms with van der Waals surface area (Å²) in [5, 5.41) is 18.6. The van der Waals surface area contributed by atoms with Crippen molar-refractivity contribution in [2.75, 3.05) is 11.9 Å². The highest BCUT2D eigenvalue weighted by atomic mass is 79.9. The van der Waals surface area contributed by atoms with Crippen LogP contribution >= 0.6 is 15.9 Å². The smallest absolute Gasteiger partial charge is 0.412 e. The maximum atomic E-state index is 12.2. The van der Waals surface area contributed by atoms with E-state index in [1.54, 1.807) is 0 Å². The molecule has 2 N–H and O–H groups in total. The Labute approximate surface area is 168 Å². The van der Waals surface area contributed by atoms with Crippen molar-refractivity contribution >= 4 is 33.8 Å². The van der Waals surface area contributed by atoms with Crippen LogP contribution in [0.15, 0.2) is 59.1 Å². The average Bonchev–Trinajstić information content (AvgIpc) is 3.02. The zero-order valence-electron chi connectivity index (χ0n) is 14.4. The Hall–Kier alpha value is -3.26. The van der Waals surface area contributed by atoms with Crippen LogP contribution in [-0.4, -0.2) is 34.0 Å². The van der Waals surface area contributed by atoms with Gasteiger partial charge in [0.1, 0.15) is 6.61 Å². The lowest BCUT2D eigenvalue weighted by Crippen LogP contribution is -2.19. The number of carboxylic acids is 1. The quantitative estimate of drug-likeness (QED) is 0.628. The first-order valence-electron chi connectivity index (χ1n) is 8.43. The number of halogens is 1. The number of aromatic nitrogens is 2. The summed E-state index contributed by atoms with van der Waals surface area (Å²) in [5.41, 5.74) is 4.28. The summed E-state index contributed by atoms with van der Waals surface area (Å²) in [6.45, 7) is 0.165. The van der Waals surface area contributed by atoms with Gasteiger partial charge in [-0.2, -0.15) is 0 Å². The summed E-state index contributed by atoms with van der Waals surface area (Å²) in [5.74, 6) is -1.18. The van der Waals surface area contributed by atoms with Gasteiger partial charge in [-0.1, -0.05) is 48.5 Å². The van der Waals surface area contributed by atoms with Gasteiger partial charge in [-0.15, -0.1) is 10.2 Å². The minimum absolute atomic E-state index is 0.0536. The molecule has 140 valence electrons. The van der Waals surface area contributed by atoms with Crippen molar-refractivity contribution in [3.05, 3.63) is 75.9 Å². The van der Waals surface area contributed by atoms with E-state index in [1.165, 1.54) is 6.07 Å². The average molecular weight is 440 g/mol. The van der Waals surface area contributed by atoms with E-state index in [9.17, 15) is 9.59 Å². The fourth-order valence-electron chi connectivity index (χ4n) is 3.29. The van der Waals surface area contributed by atoms with E-state index in [1.807, 2.05) is 36.4 Å². The second-order valence-electron chi connectivity index (χ2n) is 6.18. The molecule has 0 radical (unpaired) electrons. The maximum absolute atomic E-state index is 12.2. The normalized spacial score (nSPS) is 12.2. The number of aromatic carboxylic acids is 1. The van der Waals surface area contributed by atoms with Gasteiger partial charge in [0.15, 0.2) is 11.5 Å². The molecule has 3 aromatic rings. The van der Waals surface area contributed by atoms with E-state index >= 15 is 0 Å². The van der Waals surface area contributed by atoms with Gasteiger partial charge in [-0.05, 0) is 44.3 Å². The van der Waals surface area contributed by atoms with Gasteiger partial charge in [-0.25, -0.2) is 9.59 Å². The molecule has 7 nitrogen and oxygen atoms in total. The van der Waals surface area contributed by atoms with Crippen LogP contribution < -0.4 is 5.32 Å². The number of carboxylic acid groups (broad SMARTS) is 1. The van der Waals surface area contributed by atoms with Crippen LogP contribution in [0.2, 0.25) is 0 Å². The number of hydrogen-bond acceptors (Lipinski definition) is 5. The lowest BCUT2D eigenvalue weighted by Gasteiger charge is -2.14. The number of nitrogens with one attached hydrogen (secondary N) is 1. The molecule has 1 amide bonds. The highest BCUT2D eigenvalue weighted by molar-refractivity contribution is 9.10. The predicted molar refractivity (Wildman–Crippen MR) is 105 cm³/mol. The van der Waals surface area contributed by atoms with Crippen LogP contribution in [0.4, 0.5) is 10.6 Å². The SMILES string of the molecule is O=C(Nc1nnc(C(=O)O)cc1Br)OCC1c2ccccc2-c2ccccc21. The number of nitrogens with zero attached hydrogens (tertiary/aromatic N) is 2. The van der Waals surface area contributed by atoms with Crippen molar-refractivity contribution in [1.82, 2.24) is 10.2 Å². The van der Waals surface area contributed by atoms with E-state index in [4.69, 9.17) is 9.84 Å². The van der Waals surface area contributed by atoms with Crippen molar-refractivity contribution in [2.45, 2.75) is 5.92 Å². The molecule has 0 bridgehead atoms. The molecule has 8 heteroatoms. The van der Waals surface area contributed by atoms with E-state index in [0.717, 1.165) is 22.3 Å². The number of amides is 1. The molecule has 0 unspecified atom stereocenters. The summed E-state index contributed by atoms with van der Waals surface area (Å²) in [7, 11) is 0. The molecule has 0 spiro atoms. The third-order valence-corrected chi connectivity index (χ3v) is 5.14. The number of carbonyl (C=O) groups excluding carboxylic acids is 1. The number of hydrogen-bond donors (Lipinski definition) is 2. The molecule has 2 aromatic carbocycles. The molecule has 0 fully saturated rings. The Morgan fingerprint density at radius 2 is 1.64 bits per heavy atom. The number of fused-ring (bicyclic) bond motifs is 3. The minimum Gasteiger partial charge on any atom is -0.476 e. The minimum atomic E-state index is -1.21. The number of anilines is 1. The van der Waals surface area contributed by atoms with E-state index in [-0.39, 0.29) is 24.0 Å². The van der Waals surface area contributed by atoms with Crippen molar-refractivity contribution in [1.29, 1.82) is 0 Å². The van der Waals surface area contributed by atoms with Crippen LogP contribution in [0.3, 0.4) is 0 Å². The van der Waals surface area contributed by atoms with Crippen molar-refractivity contribution in [3.8, 4) is 11.1 Å². The summed E-state index contributed by atoms with van der Waals surface area (Å²) in [4.78, 5) is 23.1. The van der Waals surface area contributed by atoms with E-state index in [2.05, 4.69) is 43.6 Å². The van der Waals surface area contributed by atoms with Gasteiger partial charge in [0.25, 0.3) is 0 Å². The van der Waals surface area contributed by atoms with Gasteiger partial charge in [0.05, 0.1) is 4.47 Å². The molecule has 1 aliphatic carbocycles. The monoisotopic (exact) mass is 439 g/mol. The van der Waals surface area contributed by atoms with Crippen molar-refractivity contribution < 1.29 is 19.4 Å². The Balaban J connectivity index is 1.48. The summed E-state index contributed by atoms with van der Waals surface area (Å²) in [6.07, 6.45) is -0.695. The van der Waals surface area contributed by atoms with Crippen LogP contribution in [0, 0.1) is 0 Å². The second kappa shape index (κ2) is 7.40. The third-order valence-electron chi connectivity index (χ3n) is 4.53. The molecule has 1 heterocycles. The van der Waals surface area contributed by atoms with E-state index in [0.29, 0.717) is 4.47 Å². The molecule has 0 saturated heterocycles. The van der Waals surface area contributed by atoms with Gasteiger partial charge in [0.2, 0.25) is 0 Å². The lowest BCUT2D eigenvalue weighted by atomic mass is 9.98. The first-order valence-corrected chi connectivity index (χ1v) is 9.22. The number of rotatable bonds is 4. The van der Waals surface area contributed by atoms with Crippen LogP contribution in [-0.2, 0) is 4.74 Å². The highest BCUT2D eigenvalue weighted by Crippen LogP contribution is 2.44. The standard InChI is InChI=1S/C20H14BrN3O4/c21-16-9-17(19(25)26)23-24-18(16)22-20(27)28-10-15-13-7-3-1-5-11(13)12-6-2-4-8-14(12)15/h1-9,15H,10H2,(H,25,26)(H,22,24,27). The van der Waals surface area contributed by atoms with Crippen molar-refractivity contribution in [3.63, 3.8) is 0 Å². The van der Waals surface area contributed by atoms with Crippen LogP contribution in [0.5, 0.6) is 0 Å². The maximum Gasteiger partial charge on any atom is 0.412 e. The molecule has 0 saturated carbocycles. The third kappa shape index (κ3) is 3.34. The second-order valence-corrected chi connectivity index (χ2v) is 7.04. The van der Waals surface area contributed by atoms with Crippen molar-refractivity contribution in [2.24, 2.45) is 0 Å². The van der Waals surface area contributed by atoms with Crippen LogP contribution in [0.25, 0.3) is 11.1 Å². The highest BCUT2D eigenvalue weighted by Gasteiger charge is 2.29. The molecule has 1 aliphatic rings. The fourth-order valence-corrected chi connectivity index (χ4v) is 3.68. The zero-order chi connectivity index (χ0) is 19.7. The first-order chi connectivity index (χ1) is 13.5. The predicted octanol–water partition coefficient (Wildman–Crippen LogP) is 4.30. The summed E-state index contributed by atoms with van der Waals surface area (Å²) in [6, 6.07) is 17.4. The Morgan fingerprint density at radius 3 is 2.21 bits per heavy atom. The zero-order valence-corrected chi connectivity index (χ0v) is 16.0. The Kier molecular flexibility index (Phi) is 4.79. The molecule has 0 aliphatic heterocycles. The Bertz CT molecular complexity index is 1040. The van der Waals surface area contributed by atoms with Gasteiger partial charge < -0.3 is 9.84 Å². The number of benzene rings is 2. The Morgan fingerprint density at radius 1 is 1.04 bits per heavy atom. The topological polar surface area (TPSA) is 101 Å². The first kappa shape index (κ1) is 18.1.